The van der Waals surface area contributed by atoms with Crippen LogP contribution in [0, 0.1) is 11.6 Å². The summed E-state index contributed by atoms with van der Waals surface area (Å²) in [6.45, 7) is 13.5. The Morgan fingerprint density at radius 3 is 2.53 bits per heavy atom. The number of carbonyl (C=O) groups excluding carboxylic acids is 2. The van der Waals surface area contributed by atoms with Gasteiger partial charge in [0.2, 0.25) is 11.8 Å². The Hall–Kier alpha value is -4.69. The summed E-state index contributed by atoms with van der Waals surface area (Å²) < 4.78 is 33.9. The highest BCUT2D eigenvalue weighted by molar-refractivity contribution is 7.99. The van der Waals surface area contributed by atoms with Crippen LogP contribution in [0.15, 0.2) is 58.9 Å². The Balaban J connectivity index is 1.71. The van der Waals surface area contributed by atoms with E-state index in [1.165, 1.54) is 58.5 Å². The second-order valence-corrected chi connectivity index (χ2v) is 13.9. The molecule has 0 saturated carbocycles. The van der Waals surface area contributed by atoms with Crippen LogP contribution in [0.1, 0.15) is 46.2 Å². The highest BCUT2D eigenvalue weighted by atomic mass is 32.2. The molecule has 3 atom stereocenters. The lowest BCUT2D eigenvalue weighted by Gasteiger charge is -2.44. The van der Waals surface area contributed by atoms with Gasteiger partial charge in [0.25, 0.3) is 0 Å². The molecule has 1 unspecified atom stereocenters. The summed E-state index contributed by atoms with van der Waals surface area (Å²) in [6.07, 6.45) is 2.92. The van der Waals surface area contributed by atoms with Gasteiger partial charge in [0, 0.05) is 48.6 Å². The van der Waals surface area contributed by atoms with E-state index < -0.39 is 29.3 Å². The summed E-state index contributed by atoms with van der Waals surface area (Å²) in [5, 5.41) is 0.219. The van der Waals surface area contributed by atoms with Gasteiger partial charge < -0.3 is 20.4 Å². The number of nitrogens with two attached hydrogens (primary N) is 1. The number of amides is 2. The molecular weight excluding hydrogens is 651 g/mol. The number of fused-ring (bicyclic) bond motifs is 5. The predicted molar refractivity (Wildman–Crippen MR) is 187 cm³/mol. The molecule has 11 nitrogen and oxygen atoms in total. The van der Waals surface area contributed by atoms with E-state index in [4.69, 9.17) is 10.7 Å². The summed E-state index contributed by atoms with van der Waals surface area (Å²) in [5.41, 5.74) is 5.94. The van der Waals surface area contributed by atoms with Crippen LogP contribution in [0.2, 0.25) is 0 Å². The average molecular weight is 689 g/mol. The summed E-state index contributed by atoms with van der Waals surface area (Å²) >= 11 is 1.39. The van der Waals surface area contributed by atoms with Crippen LogP contribution in [0.5, 0.6) is 0 Å². The SMILES string of the molecule is C=CC(=O)N1C[C@H](C)N(c2nc(=O)n3c4nc(c(F)cc24)-c2c(F)cccc2N(C(=O)C(C)N)CCSc2ccnc(C(C)C)c2-3)C[C@H]1C. The average Bonchev–Trinajstić information content (AvgIpc) is 3.06. The van der Waals surface area contributed by atoms with Crippen molar-refractivity contribution < 1.29 is 18.4 Å². The first-order chi connectivity index (χ1) is 23.3. The van der Waals surface area contributed by atoms with Gasteiger partial charge in [-0.1, -0.05) is 26.5 Å². The third-order valence-electron chi connectivity index (χ3n) is 8.95. The second kappa shape index (κ2) is 13.3. The molecule has 2 aliphatic rings. The number of hydrogen-bond donors (Lipinski definition) is 1. The molecule has 14 heteroatoms. The molecule has 3 aromatic heterocycles. The van der Waals surface area contributed by atoms with Crippen LogP contribution in [-0.2, 0) is 9.59 Å². The van der Waals surface area contributed by atoms with Crippen molar-refractivity contribution in [3.8, 4) is 16.9 Å². The van der Waals surface area contributed by atoms with Crippen LogP contribution >= 0.6 is 11.8 Å². The van der Waals surface area contributed by atoms with E-state index in [0.29, 0.717) is 35.1 Å². The zero-order valence-corrected chi connectivity index (χ0v) is 28.8. The third kappa shape index (κ3) is 5.97. The maximum atomic E-state index is 16.6. The van der Waals surface area contributed by atoms with E-state index in [9.17, 15) is 14.4 Å². The first-order valence-corrected chi connectivity index (χ1v) is 17.1. The number of aromatic nitrogens is 4. The van der Waals surface area contributed by atoms with Crippen LogP contribution in [0.25, 0.3) is 28.0 Å². The number of anilines is 2. The molecule has 0 aliphatic carbocycles. The fourth-order valence-corrected chi connectivity index (χ4v) is 7.56. The summed E-state index contributed by atoms with van der Waals surface area (Å²) in [5.74, 6) is -1.97. The number of halogens is 2. The van der Waals surface area contributed by atoms with Crippen LogP contribution in [0.3, 0.4) is 0 Å². The van der Waals surface area contributed by atoms with E-state index in [1.54, 1.807) is 17.2 Å². The molecule has 4 aromatic rings. The third-order valence-corrected chi connectivity index (χ3v) is 9.98. The van der Waals surface area contributed by atoms with Crippen molar-refractivity contribution in [1.29, 1.82) is 0 Å². The van der Waals surface area contributed by atoms with Crippen molar-refractivity contribution in [3.05, 3.63) is 77.0 Å². The van der Waals surface area contributed by atoms with Gasteiger partial charge in [-0.3, -0.25) is 14.6 Å². The molecule has 49 heavy (non-hydrogen) atoms. The highest BCUT2D eigenvalue weighted by Crippen LogP contribution is 2.40. The lowest BCUT2D eigenvalue weighted by atomic mass is 10.0. The minimum atomic E-state index is -0.919. The minimum Gasteiger partial charge on any atom is -0.349 e. The van der Waals surface area contributed by atoms with Gasteiger partial charge in [-0.05, 0) is 57.0 Å². The lowest BCUT2D eigenvalue weighted by molar-refractivity contribution is -0.128. The van der Waals surface area contributed by atoms with Crippen molar-refractivity contribution in [2.75, 3.05) is 35.2 Å². The van der Waals surface area contributed by atoms with E-state index in [2.05, 4.69) is 16.5 Å². The quantitative estimate of drug-likeness (QED) is 0.305. The van der Waals surface area contributed by atoms with Crippen LogP contribution in [0.4, 0.5) is 20.3 Å². The molecule has 256 valence electrons. The van der Waals surface area contributed by atoms with E-state index in [0.717, 1.165) is 0 Å². The Morgan fingerprint density at radius 2 is 1.84 bits per heavy atom. The molecule has 2 N–H and O–H groups in total. The van der Waals surface area contributed by atoms with E-state index in [1.807, 2.05) is 32.6 Å². The van der Waals surface area contributed by atoms with Crippen LogP contribution in [-0.4, -0.2) is 79.7 Å². The van der Waals surface area contributed by atoms with Crippen molar-refractivity contribution in [2.45, 2.75) is 63.6 Å². The number of thioether (sulfide) groups is 1. The first-order valence-electron chi connectivity index (χ1n) is 16.1. The lowest BCUT2D eigenvalue weighted by Crippen LogP contribution is -2.58. The van der Waals surface area contributed by atoms with Gasteiger partial charge in [0.15, 0.2) is 11.5 Å². The van der Waals surface area contributed by atoms with Gasteiger partial charge in [0.1, 0.15) is 17.3 Å². The topological polar surface area (TPSA) is 131 Å². The zero-order valence-electron chi connectivity index (χ0n) is 28.0. The second-order valence-electron chi connectivity index (χ2n) is 12.7. The maximum absolute atomic E-state index is 16.6. The number of piperazine rings is 1. The van der Waals surface area contributed by atoms with Gasteiger partial charge in [-0.2, -0.15) is 4.98 Å². The Kier molecular flexibility index (Phi) is 9.29. The molecular formula is C35H38F2N8O3S. The minimum absolute atomic E-state index is 0.0486. The number of nitrogens with zero attached hydrogens (tertiary/aromatic N) is 7. The van der Waals surface area contributed by atoms with Crippen molar-refractivity contribution in [3.63, 3.8) is 0 Å². The standard InChI is InChI=1S/C35H38F2N8O3S/c1-7-27(46)43-16-20(5)44(17-19(43)4)32-22-15-24(37)30-28-23(36)9-8-10-25(28)42(34(47)21(6)38)13-14-49-26-11-12-39-29(18(2)3)31(26)45(33(22)40-30)35(48)41-32/h7-12,15,18-21H,1,13-14,16-17,38H2,2-6H3/t19-,20+,21?/m1/s1. The summed E-state index contributed by atoms with van der Waals surface area (Å²) in [4.78, 5) is 60.0. The molecule has 0 spiro atoms. The zero-order chi connectivity index (χ0) is 35.3. The van der Waals surface area contributed by atoms with E-state index in [-0.39, 0.29) is 64.2 Å². The number of hydrogen-bond acceptors (Lipinski definition) is 9. The van der Waals surface area contributed by atoms with Gasteiger partial charge in [0.05, 0.1) is 34.1 Å². The van der Waals surface area contributed by atoms with Gasteiger partial charge in [-0.25, -0.2) is 23.1 Å². The fraction of sp³-hybridized carbons (Fsp3) is 0.371. The Morgan fingerprint density at radius 1 is 1.08 bits per heavy atom. The first kappa shape index (κ1) is 34.2. The number of benzene rings is 1. The van der Waals surface area contributed by atoms with E-state index >= 15 is 8.78 Å². The van der Waals surface area contributed by atoms with Crippen LogP contribution < -0.4 is 21.2 Å². The highest BCUT2D eigenvalue weighted by Gasteiger charge is 2.35. The van der Waals surface area contributed by atoms with Crippen molar-refractivity contribution in [1.82, 2.24) is 24.4 Å². The molecule has 0 radical (unpaired) electrons. The Bertz CT molecular complexity index is 2050. The Labute approximate surface area is 286 Å². The molecule has 6 rings (SSSR count). The molecule has 1 aromatic carbocycles. The fourth-order valence-electron chi connectivity index (χ4n) is 6.58. The predicted octanol–water partition coefficient (Wildman–Crippen LogP) is 4.64. The molecule has 1 fully saturated rings. The monoisotopic (exact) mass is 688 g/mol. The number of pyridine rings is 2. The summed E-state index contributed by atoms with van der Waals surface area (Å²) in [6, 6.07) is 5.64. The smallest absolute Gasteiger partial charge is 0.349 e. The largest absolute Gasteiger partial charge is 0.355 e. The number of carbonyl (C=O) groups is 2. The normalized spacial score (nSPS) is 18.5. The molecule has 2 bridgehead atoms. The van der Waals surface area contributed by atoms with Crippen molar-refractivity contribution >= 4 is 46.1 Å². The van der Waals surface area contributed by atoms with Gasteiger partial charge in [-0.15, -0.1) is 11.8 Å². The van der Waals surface area contributed by atoms with Crippen molar-refractivity contribution in [2.24, 2.45) is 5.73 Å². The van der Waals surface area contributed by atoms with Gasteiger partial charge >= 0.3 is 5.69 Å². The maximum Gasteiger partial charge on any atom is 0.355 e. The molecule has 5 heterocycles. The number of rotatable bonds is 4. The molecule has 1 saturated heterocycles. The molecule has 2 aliphatic heterocycles. The molecule has 2 amide bonds. The summed E-state index contributed by atoms with van der Waals surface area (Å²) in [7, 11) is 0.